The van der Waals surface area contributed by atoms with Gasteiger partial charge in [0, 0.05) is 25.6 Å². The lowest BCUT2D eigenvalue weighted by molar-refractivity contribution is -0.131. The molecule has 3 nitrogen and oxygen atoms in total. The molecule has 0 spiro atoms. The van der Waals surface area contributed by atoms with E-state index < -0.39 is 0 Å². The van der Waals surface area contributed by atoms with Crippen LogP contribution in [-0.2, 0) is 4.79 Å². The quantitative estimate of drug-likeness (QED) is 0.722. The first-order valence-corrected chi connectivity index (χ1v) is 5.53. The zero-order valence-electron chi connectivity index (χ0n) is 9.49. The van der Waals surface area contributed by atoms with E-state index in [1.54, 1.807) is 0 Å². The van der Waals surface area contributed by atoms with E-state index in [-0.39, 0.29) is 6.04 Å². The summed E-state index contributed by atoms with van der Waals surface area (Å²) in [6.45, 7) is 5.04. The SMILES string of the molecule is CC(C)C(N)CCN(C)C(=O)C1CC1. The predicted molar refractivity (Wildman–Crippen MR) is 57.8 cm³/mol. The minimum atomic E-state index is 0.212. The van der Waals surface area contributed by atoms with Crippen molar-refractivity contribution < 1.29 is 4.79 Å². The van der Waals surface area contributed by atoms with Gasteiger partial charge < -0.3 is 10.6 Å². The molecule has 1 atom stereocenters. The van der Waals surface area contributed by atoms with Crippen molar-refractivity contribution in [3.63, 3.8) is 0 Å². The van der Waals surface area contributed by atoms with Crippen LogP contribution >= 0.6 is 0 Å². The van der Waals surface area contributed by atoms with Crippen molar-refractivity contribution in [1.29, 1.82) is 0 Å². The molecule has 0 aliphatic heterocycles. The highest BCUT2D eigenvalue weighted by Gasteiger charge is 2.31. The van der Waals surface area contributed by atoms with E-state index in [1.165, 1.54) is 0 Å². The molecule has 1 amide bonds. The van der Waals surface area contributed by atoms with Crippen LogP contribution in [0.15, 0.2) is 0 Å². The van der Waals surface area contributed by atoms with Gasteiger partial charge in [-0.3, -0.25) is 4.79 Å². The third-order valence-corrected chi connectivity index (χ3v) is 2.96. The molecule has 0 radical (unpaired) electrons. The normalized spacial score (nSPS) is 18.4. The monoisotopic (exact) mass is 198 g/mol. The Labute approximate surface area is 86.6 Å². The Morgan fingerprint density at radius 2 is 2.07 bits per heavy atom. The highest BCUT2D eigenvalue weighted by molar-refractivity contribution is 5.80. The second-order valence-electron chi connectivity index (χ2n) is 4.73. The second-order valence-corrected chi connectivity index (χ2v) is 4.73. The number of rotatable bonds is 5. The molecule has 0 aromatic carbocycles. The summed E-state index contributed by atoms with van der Waals surface area (Å²) in [6.07, 6.45) is 3.07. The highest BCUT2D eigenvalue weighted by Crippen LogP contribution is 2.30. The fraction of sp³-hybridized carbons (Fsp3) is 0.909. The van der Waals surface area contributed by atoms with Crippen LogP contribution in [0, 0.1) is 11.8 Å². The van der Waals surface area contributed by atoms with Crippen molar-refractivity contribution in [2.24, 2.45) is 17.6 Å². The molecule has 2 N–H and O–H groups in total. The van der Waals surface area contributed by atoms with Gasteiger partial charge in [0.25, 0.3) is 0 Å². The van der Waals surface area contributed by atoms with Gasteiger partial charge in [0.1, 0.15) is 0 Å². The van der Waals surface area contributed by atoms with Crippen LogP contribution in [0.2, 0.25) is 0 Å². The largest absolute Gasteiger partial charge is 0.345 e. The summed E-state index contributed by atoms with van der Waals surface area (Å²) >= 11 is 0. The Hall–Kier alpha value is -0.570. The zero-order chi connectivity index (χ0) is 10.7. The molecule has 1 unspecified atom stereocenters. The van der Waals surface area contributed by atoms with Crippen LogP contribution in [0.3, 0.4) is 0 Å². The number of nitrogens with zero attached hydrogens (tertiary/aromatic N) is 1. The molecule has 14 heavy (non-hydrogen) atoms. The number of nitrogens with two attached hydrogens (primary N) is 1. The van der Waals surface area contributed by atoms with Crippen molar-refractivity contribution in [2.75, 3.05) is 13.6 Å². The third-order valence-electron chi connectivity index (χ3n) is 2.96. The second kappa shape index (κ2) is 4.78. The maximum absolute atomic E-state index is 11.6. The summed E-state index contributed by atoms with van der Waals surface area (Å²) in [7, 11) is 1.88. The molecule has 0 saturated heterocycles. The summed E-state index contributed by atoms with van der Waals surface area (Å²) in [5, 5.41) is 0. The molecule has 0 heterocycles. The van der Waals surface area contributed by atoms with Gasteiger partial charge in [0.15, 0.2) is 0 Å². The summed E-state index contributed by atoms with van der Waals surface area (Å²) in [6, 6.07) is 0.212. The van der Waals surface area contributed by atoms with Crippen molar-refractivity contribution in [3.8, 4) is 0 Å². The van der Waals surface area contributed by atoms with Gasteiger partial charge in [-0.2, -0.15) is 0 Å². The number of carbonyl (C=O) groups excluding carboxylic acids is 1. The topological polar surface area (TPSA) is 46.3 Å². The van der Waals surface area contributed by atoms with E-state index in [2.05, 4.69) is 13.8 Å². The standard InChI is InChI=1S/C11H22N2O/c1-8(2)10(12)6-7-13(3)11(14)9-4-5-9/h8-10H,4-7,12H2,1-3H3. The fourth-order valence-electron chi connectivity index (χ4n) is 1.43. The van der Waals surface area contributed by atoms with Crippen LogP contribution in [0.25, 0.3) is 0 Å². The maximum Gasteiger partial charge on any atom is 0.225 e. The van der Waals surface area contributed by atoms with Crippen molar-refractivity contribution in [3.05, 3.63) is 0 Å². The lowest BCUT2D eigenvalue weighted by atomic mass is 10.0. The zero-order valence-corrected chi connectivity index (χ0v) is 9.49. The lowest BCUT2D eigenvalue weighted by Crippen LogP contribution is -2.35. The number of amides is 1. The van der Waals surface area contributed by atoms with Crippen molar-refractivity contribution in [2.45, 2.75) is 39.2 Å². The van der Waals surface area contributed by atoms with E-state index in [4.69, 9.17) is 5.73 Å². The predicted octanol–water partition coefficient (Wildman–Crippen LogP) is 1.23. The molecule has 0 bridgehead atoms. The van der Waals surface area contributed by atoms with Crippen LogP contribution in [0.4, 0.5) is 0 Å². The summed E-state index contributed by atoms with van der Waals surface area (Å²) in [5.74, 6) is 1.13. The molecule has 1 aliphatic carbocycles. The third kappa shape index (κ3) is 3.29. The molecular weight excluding hydrogens is 176 g/mol. The van der Waals surface area contributed by atoms with Crippen LogP contribution in [0.5, 0.6) is 0 Å². The Kier molecular flexibility index (Phi) is 3.93. The Balaban J connectivity index is 2.19. The van der Waals surface area contributed by atoms with E-state index in [0.29, 0.717) is 17.7 Å². The molecule has 0 aromatic heterocycles. The van der Waals surface area contributed by atoms with Gasteiger partial charge in [-0.05, 0) is 25.2 Å². The Morgan fingerprint density at radius 3 is 2.50 bits per heavy atom. The fourth-order valence-corrected chi connectivity index (χ4v) is 1.43. The van der Waals surface area contributed by atoms with Crippen LogP contribution < -0.4 is 5.73 Å². The van der Waals surface area contributed by atoms with Crippen molar-refractivity contribution >= 4 is 5.91 Å². The highest BCUT2D eigenvalue weighted by atomic mass is 16.2. The minimum Gasteiger partial charge on any atom is -0.345 e. The van der Waals surface area contributed by atoms with Gasteiger partial charge in [0.05, 0.1) is 0 Å². The van der Waals surface area contributed by atoms with E-state index in [0.717, 1.165) is 25.8 Å². The first kappa shape index (κ1) is 11.5. The lowest BCUT2D eigenvalue weighted by Gasteiger charge is -2.21. The molecule has 0 aromatic rings. The van der Waals surface area contributed by atoms with Gasteiger partial charge in [-0.25, -0.2) is 0 Å². The number of hydrogen-bond acceptors (Lipinski definition) is 2. The van der Waals surface area contributed by atoms with Gasteiger partial charge in [-0.1, -0.05) is 13.8 Å². The van der Waals surface area contributed by atoms with E-state index in [9.17, 15) is 4.79 Å². The number of hydrogen-bond donors (Lipinski definition) is 1. The van der Waals surface area contributed by atoms with Crippen LogP contribution in [-0.4, -0.2) is 30.4 Å². The summed E-state index contributed by atoms with van der Waals surface area (Å²) in [5.41, 5.74) is 5.92. The molecule has 1 saturated carbocycles. The first-order chi connectivity index (χ1) is 6.52. The minimum absolute atomic E-state index is 0.212. The molecule has 82 valence electrons. The van der Waals surface area contributed by atoms with E-state index in [1.807, 2.05) is 11.9 Å². The van der Waals surface area contributed by atoms with Gasteiger partial charge >= 0.3 is 0 Å². The van der Waals surface area contributed by atoms with Gasteiger partial charge in [0.2, 0.25) is 5.91 Å². The molecular formula is C11H22N2O. The summed E-state index contributed by atoms with van der Waals surface area (Å²) < 4.78 is 0. The molecule has 3 heteroatoms. The van der Waals surface area contributed by atoms with Crippen LogP contribution in [0.1, 0.15) is 33.1 Å². The van der Waals surface area contributed by atoms with Crippen molar-refractivity contribution in [1.82, 2.24) is 4.90 Å². The average molecular weight is 198 g/mol. The molecule has 1 fully saturated rings. The Morgan fingerprint density at radius 1 is 1.50 bits per heavy atom. The maximum atomic E-state index is 11.6. The number of carbonyl (C=O) groups is 1. The average Bonchev–Trinajstić information content (AvgIpc) is 2.95. The Bertz CT molecular complexity index is 199. The molecule has 1 aliphatic rings. The molecule has 1 rings (SSSR count). The summed E-state index contributed by atoms with van der Waals surface area (Å²) in [4.78, 5) is 13.4. The first-order valence-electron chi connectivity index (χ1n) is 5.53. The van der Waals surface area contributed by atoms with E-state index >= 15 is 0 Å². The van der Waals surface area contributed by atoms with Gasteiger partial charge in [-0.15, -0.1) is 0 Å². The smallest absolute Gasteiger partial charge is 0.225 e.